The van der Waals surface area contributed by atoms with Gasteiger partial charge in [-0.25, -0.2) is 0 Å². The van der Waals surface area contributed by atoms with E-state index in [2.05, 4.69) is 13.8 Å². The van der Waals surface area contributed by atoms with E-state index in [9.17, 15) is 0 Å². The van der Waals surface area contributed by atoms with Gasteiger partial charge in [0.2, 0.25) is 0 Å². The molecule has 0 heterocycles. The molecule has 0 heteroatoms. The maximum Gasteiger partial charge on any atom is -0.0386 e. The first-order valence-electron chi connectivity index (χ1n) is 16.8. The molecule has 0 bridgehead atoms. The maximum absolute atomic E-state index is 2.33. The van der Waals surface area contributed by atoms with Crippen molar-refractivity contribution in [2.45, 2.75) is 181 Å². The smallest absolute Gasteiger partial charge is 0.0386 e. The number of hydrogen-bond donors (Lipinski definition) is 0. The van der Waals surface area contributed by atoms with Crippen molar-refractivity contribution in [2.75, 3.05) is 0 Å². The van der Waals surface area contributed by atoms with Crippen LogP contribution in [0.25, 0.3) is 0 Å². The summed E-state index contributed by atoms with van der Waals surface area (Å²) in [7, 11) is 0. The van der Waals surface area contributed by atoms with Crippen LogP contribution in [0.15, 0.2) is 0 Å². The van der Waals surface area contributed by atoms with Gasteiger partial charge in [0.05, 0.1) is 0 Å². The third-order valence-corrected chi connectivity index (χ3v) is 10.8. The van der Waals surface area contributed by atoms with E-state index >= 15 is 0 Å². The Morgan fingerprint density at radius 1 is 0.324 bits per heavy atom. The van der Waals surface area contributed by atoms with Crippen molar-refractivity contribution in [2.24, 2.45) is 35.5 Å². The van der Waals surface area contributed by atoms with Crippen molar-refractivity contribution in [1.82, 2.24) is 0 Å². The average Bonchev–Trinajstić information content (AvgIpc) is 2.89. The molecule has 3 aliphatic rings. The molecule has 3 aliphatic carbocycles. The summed E-state index contributed by atoms with van der Waals surface area (Å²) in [6.07, 6.45) is 39.8. The van der Waals surface area contributed by atoms with Gasteiger partial charge in [0.25, 0.3) is 0 Å². The van der Waals surface area contributed by atoms with Gasteiger partial charge in [-0.3, -0.25) is 0 Å². The zero-order valence-corrected chi connectivity index (χ0v) is 23.8. The Balaban J connectivity index is 1.18. The van der Waals surface area contributed by atoms with Gasteiger partial charge >= 0.3 is 0 Å². The standard InChI is InChI=1S/C34H64/c1-3-5-7-9-10-12-14-30-21-25-33(26-22-30)34-27-23-32(24-28-34)20-19-31-17-15-29(16-18-31)13-11-8-6-4-2/h29-34H,3-28H2,1-2H3. The molecule has 200 valence electrons. The SMILES string of the molecule is CCCCCCCCC1CCC(C2CCC(CCC3CCC(CCCCCC)CC3)CC2)CC1. The van der Waals surface area contributed by atoms with Gasteiger partial charge in [-0.15, -0.1) is 0 Å². The molecule has 0 spiro atoms. The predicted octanol–water partition coefficient (Wildman–Crippen LogP) is 11.9. The molecule has 0 aromatic rings. The second-order valence-electron chi connectivity index (χ2n) is 13.4. The van der Waals surface area contributed by atoms with Gasteiger partial charge in [0.15, 0.2) is 0 Å². The normalized spacial score (nSPS) is 32.6. The van der Waals surface area contributed by atoms with Crippen molar-refractivity contribution < 1.29 is 0 Å². The monoisotopic (exact) mass is 473 g/mol. The third kappa shape index (κ3) is 10.9. The van der Waals surface area contributed by atoms with Crippen LogP contribution in [0, 0.1) is 35.5 Å². The highest BCUT2D eigenvalue weighted by Crippen LogP contribution is 2.44. The summed E-state index contributed by atoms with van der Waals surface area (Å²) in [6.45, 7) is 4.66. The first-order valence-corrected chi connectivity index (χ1v) is 16.8. The zero-order chi connectivity index (χ0) is 23.8. The third-order valence-electron chi connectivity index (χ3n) is 10.8. The lowest BCUT2D eigenvalue weighted by Gasteiger charge is -2.38. The Hall–Kier alpha value is 0. The van der Waals surface area contributed by atoms with Crippen LogP contribution in [0.5, 0.6) is 0 Å². The number of hydrogen-bond acceptors (Lipinski definition) is 0. The van der Waals surface area contributed by atoms with Crippen molar-refractivity contribution in [3.8, 4) is 0 Å². The molecule has 0 amide bonds. The van der Waals surface area contributed by atoms with Crippen LogP contribution in [0.1, 0.15) is 181 Å². The molecule has 3 rings (SSSR count). The van der Waals surface area contributed by atoms with Gasteiger partial charge in [-0.2, -0.15) is 0 Å². The van der Waals surface area contributed by atoms with Crippen molar-refractivity contribution >= 4 is 0 Å². The fraction of sp³-hybridized carbons (Fsp3) is 1.00. The topological polar surface area (TPSA) is 0 Å². The highest BCUT2D eigenvalue weighted by molar-refractivity contribution is 4.83. The fourth-order valence-corrected chi connectivity index (χ4v) is 8.25. The van der Waals surface area contributed by atoms with E-state index < -0.39 is 0 Å². The lowest BCUT2D eigenvalue weighted by atomic mass is 9.68. The van der Waals surface area contributed by atoms with Crippen LogP contribution < -0.4 is 0 Å². The maximum atomic E-state index is 2.33. The van der Waals surface area contributed by atoms with Crippen molar-refractivity contribution in [3.05, 3.63) is 0 Å². The van der Waals surface area contributed by atoms with E-state index in [0.717, 1.165) is 35.5 Å². The molecule has 0 atom stereocenters. The molecule has 0 unspecified atom stereocenters. The summed E-state index contributed by atoms with van der Waals surface area (Å²) < 4.78 is 0. The highest BCUT2D eigenvalue weighted by atomic mass is 14.4. The minimum Gasteiger partial charge on any atom is -0.0654 e. The molecule has 0 aromatic carbocycles. The van der Waals surface area contributed by atoms with Gasteiger partial charge in [-0.05, 0) is 61.2 Å². The van der Waals surface area contributed by atoms with E-state index in [1.54, 1.807) is 96.3 Å². The van der Waals surface area contributed by atoms with Gasteiger partial charge < -0.3 is 0 Å². The predicted molar refractivity (Wildman–Crippen MR) is 152 cm³/mol. The van der Waals surface area contributed by atoms with Crippen LogP contribution in [0.4, 0.5) is 0 Å². The van der Waals surface area contributed by atoms with E-state index in [4.69, 9.17) is 0 Å². The van der Waals surface area contributed by atoms with Crippen LogP contribution in [0.3, 0.4) is 0 Å². The molecular weight excluding hydrogens is 408 g/mol. The van der Waals surface area contributed by atoms with Crippen LogP contribution in [-0.2, 0) is 0 Å². The van der Waals surface area contributed by atoms with Gasteiger partial charge in [-0.1, -0.05) is 155 Å². The largest absolute Gasteiger partial charge is 0.0654 e. The zero-order valence-electron chi connectivity index (χ0n) is 23.8. The summed E-state index contributed by atoms with van der Waals surface area (Å²) >= 11 is 0. The fourth-order valence-electron chi connectivity index (χ4n) is 8.25. The van der Waals surface area contributed by atoms with Gasteiger partial charge in [0, 0.05) is 0 Å². The molecule has 0 N–H and O–H groups in total. The van der Waals surface area contributed by atoms with Crippen LogP contribution in [-0.4, -0.2) is 0 Å². The molecule has 0 aliphatic heterocycles. The summed E-state index contributed by atoms with van der Waals surface area (Å²) in [5.41, 5.74) is 0. The van der Waals surface area contributed by atoms with Crippen molar-refractivity contribution in [1.29, 1.82) is 0 Å². The second kappa shape index (κ2) is 17.5. The Morgan fingerprint density at radius 2 is 0.618 bits per heavy atom. The summed E-state index contributed by atoms with van der Waals surface area (Å²) in [5, 5.41) is 0. The van der Waals surface area contributed by atoms with Crippen molar-refractivity contribution in [3.63, 3.8) is 0 Å². The first-order chi connectivity index (χ1) is 16.8. The Kier molecular flexibility index (Phi) is 14.7. The average molecular weight is 473 g/mol. The van der Waals surface area contributed by atoms with Crippen LogP contribution >= 0.6 is 0 Å². The molecule has 0 aromatic heterocycles. The Labute approximate surface area is 216 Å². The van der Waals surface area contributed by atoms with E-state index in [0.29, 0.717) is 0 Å². The summed E-state index contributed by atoms with van der Waals surface area (Å²) in [4.78, 5) is 0. The minimum absolute atomic E-state index is 1.09. The second-order valence-corrected chi connectivity index (χ2v) is 13.4. The molecule has 3 fully saturated rings. The lowest BCUT2D eigenvalue weighted by Crippen LogP contribution is -2.26. The molecule has 0 saturated heterocycles. The Morgan fingerprint density at radius 3 is 1.03 bits per heavy atom. The van der Waals surface area contributed by atoms with E-state index in [1.807, 2.05) is 0 Å². The number of unbranched alkanes of at least 4 members (excludes halogenated alkanes) is 8. The molecular formula is C34H64. The highest BCUT2D eigenvalue weighted by Gasteiger charge is 2.31. The first kappa shape index (κ1) is 28.6. The summed E-state index contributed by atoms with van der Waals surface area (Å²) in [6, 6.07) is 0. The molecule has 3 saturated carbocycles. The van der Waals surface area contributed by atoms with Crippen LogP contribution in [0.2, 0.25) is 0 Å². The quantitative estimate of drug-likeness (QED) is 0.196. The molecule has 0 nitrogen and oxygen atoms in total. The summed E-state index contributed by atoms with van der Waals surface area (Å²) in [5.74, 6) is 6.57. The molecule has 34 heavy (non-hydrogen) atoms. The van der Waals surface area contributed by atoms with E-state index in [1.165, 1.54) is 70.6 Å². The Bertz CT molecular complexity index is 456. The van der Waals surface area contributed by atoms with Gasteiger partial charge in [0.1, 0.15) is 0 Å². The number of rotatable bonds is 16. The lowest BCUT2D eigenvalue weighted by molar-refractivity contribution is 0.135. The minimum atomic E-state index is 1.09. The molecule has 0 radical (unpaired) electrons. The van der Waals surface area contributed by atoms with E-state index in [-0.39, 0.29) is 0 Å².